The Labute approximate surface area is 295 Å². The van der Waals surface area contributed by atoms with E-state index in [4.69, 9.17) is 14.4 Å². The highest BCUT2D eigenvalue weighted by Crippen LogP contribution is 2.43. The lowest BCUT2D eigenvalue weighted by molar-refractivity contribution is 0.674. The summed E-state index contributed by atoms with van der Waals surface area (Å²) >= 11 is 0. The van der Waals surface area contributed by atoms with Gasteiger partial charge >= 0.3 is 0 Å². The molecule has 0 aliphatic heterocycles. The van der Waals surface area contributed by atoms with Gasteiger partial charge in [0.15, 0.2) is 5.82 Å². The van der Waals surface area contributed by atoms with Crippen LogP contribution >= 0.6 is 0 Å². The zero-order valence-corrected chi connectivity index (χ0v) is 27.6. The number of hydrogen-bond acceptors (Lipinski definition) is 3. The fourth-order valence-corrected chi connectivity index (χ4v) is 7.33. The number of aromatic nitrogens is 2. The number of hydrogen-bond donors (Lipinski definition) is 0. The van der Waals surface area contributed by atoms with E-state index in [1.54, 1.807) is 0 Å². The zero-order valence-electron chi connectivity index (χ0n) is 27.6. The summed E-state index contributed by atoms with van der Waals surface area (Å²) in [6.07, 6.45) is 0. The van der Waals surface area contributed by atoms with Gasteiger partial charge in [0.05, 0.1) is 11.4 Å². The molecule has 0 fully saturated rings. The van der Waals surface area contributed by atoms with Gasteiger partial charge < -0.3 is 4.42 Å². The number of furan rings is 1. The van der Waals surface area contributed by atoms with Crippen molar-refractivity contribution in [2.75, 3.05) is 0 Å². The Hall–Kier alpha value is -6.84. The van der Waals surface area contributed by atoms with Crippen molar-refractivity contribution in [3.05, 3.63) is 182 Å². The smallest absolute Gasteiger partial charge is 0.160 e. The van der Waals surface area contributed by atoms with Crippen molar-refractivity contribution >= 4 is 43.5 Å². The molecule has 2 aromatic heterocycles. The van der Waals surface area contributed by atoms with Gasteiger partial charge in [-0.2, -0.15) is 0 Å². The highest BCUT2D eigenvalue weighted by molar-refractivity contribution is 6.20. The minimum absolute atomic E-state index is 0.707. The predicted molar refractivity (Wildman–Crippen MR) is 212 cm³/mol. The van der Waals surface area contributed by atoms with Crippen LogP contribution in [0.2, 0.25) is 0 Å². The van der Waals surface area contributed by atoms with Crippen molar-refractivity contribution < 1.29 is 4.42 Å². The molecule has 0 atom stereocenters. The highest BCUT2D eigenvalue weighted by Gasteiger charge is 2.18. The summed E-state index contributed by atoms with van der Waals surface area (Å²) < 4.78 is 6.84. The summed E-state index contributed by atoms with van der Waals surface area (Å²) in [5, 5.41) is 6.99. The van der Waals surface area contributed by atoms with Gasteiger partial charge in [0.25, 0.3) is 0 Å². The van der Waals surface area contributed by atoms with Crippen LogP contribution in [0.1, 0.15) is 0 Å². The molecule has 8 aromatic carbocycles. The fraction of sp³-hybridized carbons (Fsp3) is 0. The Morgan fingerprint density at radius 1 is 0.314 bits per heavy atom. The van der Waals surface area contributed by atoms with Crippen molar-refractivity contribution in [3.8, 4) is 56.2 Å². The van der Waals surface area contributed by atoms with E-state index in [2.05, 4.69) is 146 Å². The molecule has 2 heterocycles. The van der Waals surface area contributed by atoms with Gasteiger partial charge in [-0.1, -0.05) is 164 Å². The van der Waals surface area contributed by atoms with Crippen LogP contribution in [-0.4, -0.2) is 9.97 Å². The molecule has 0 aliphatic carbocycles. The molecule has 0 unspecified atom stereocenters. The normalized spacial score (nSPS) is 11.5. The topological polar surface area (TPSA) is 38.9 Å². The largest absolute Gasteiger partial charge is 0.455 e. The lowest BCUT2D eigenvalue weighted by atomic mass is 9.93. The van der Waals surface area contributed by atoms with E-state index >= 15 is 0 Å². The molecule has 3 heteroatoms. The number of benzene rings is 8. The van der Waals surface area contributed by atoms with E-state index in [9.17, 15) is 0 Å². The van der Waals surface area contributed by atoms with Gasteiger partial charge in [0.2, 0.25) is 0 Å². The van der Waals surface area contributed by atoms with Crippen LogP contribution in [-0.2, 0) is 0 Å². The van der Waals surface area contributed by atoms with Crippen LogP contribution in [0, 0.1) is 0 Å². The first-order valence-corrected chi connectivity index (χ1v) is 17.2. The van der Waals surface area contributed by atoms with Gasteiger partial charge in [-0.3, -0.25) is 0 Å². The lowest BCUT2D eigenvalue weighted by Crippen LogP contribution is -1.95. The van der Waals surface area contributed by atoms with Crippen molar-refractivity contribution in [2.24, 2.45) is 0 Å². The van der Waals surface area contributed by atoms with Crippen LogP contribution in [0.25, 0.3) is 99.6 Å². The summed E-state index contributed by atoms with van der Waals surface area (Å²) in [6.45, 7) is 0. The van der Waals surface area contributed by atoms with Crippen molar-refractivity contribution in [1.82, 2.24) is 9.97 Å². The Kier molecular flexibility index (Phi) is 6.81. The third kappa shape index (κ3) is 5.06. The molecule has 51 heavy (non-hydrogen) atoms. The molecular formula is C48H30N2O. The van der Waals surface area contributed by atoms with Gasteiger partial charge in [-0.15, -0.1) is 0 Å². The average Bonchev–Trinajstić information content (AvgIpc) is 3.60. The minimum atomic E-state index is 0.707. The molecule has 0 saturated heterocycles. The van der Waals surface area contributed by atoms with E-state index in [-0.39, 0.29) is 0 Å². The second kappa shape index (κ2) is 11.9. The molecule has 0 saturated carbocycles. The number of nitrogens with zero attached hydrogens (tertiary/aromatic N) is 2. The van der Waals surface area contributed by atoms with Crippen molar-refractivity contribution in [3.63, 3.8) is 0 Å². The third-order valence-corrected chi connectivity index (χ3v) is 9.88. The van der Waals surface area contributed by atoms with Crippen LogP contribution in [0.4, 0.5) is 0 Å². The second-order valence-electron chi connectivity index (χ2n) is 13.0. The highest BCUT2D eigenvalue weighted by atomic mass is 16.3. The van der Waals surface area contributed by atoms with Gasteiger partial charge in [0, 0.05) is 38.4 Å². The number of rotatable bonds is 5. The van der Waals surface area contributed by atoms with Crippen LogP contribution in [0.15, 0.2) is 186 Å². The van der Waals surface area contributed by atoms with E-state index in [1.165, 1.54) is 27.3 Å². The molecule has 10 rings (SSSR count). The van der Waals surface area contributed by atoms with Crippen LogP contribution in [0.5, 0.6) is 0 Å². The van der Waals surface area contributed by atoms with Crippen LogP contribution < -0.4 is 0 Å². The summed E-state index contributed by atoms with van der Waals surface area (Å²) in [5.41, 5.74) is 11.2. The molecule has 238 valence electrons. The molecular weight excluding hydrogens is 621 g/mol. The Morgan fingerprint density at radius 2 is 0.882 bits per heavy atom. The van der Waals surface area contributed by atoms with E-state index in [1.807, 2.05) is 36.4 Å². The quantitative estimate of drug-likeness (QED) is 0.186. The second-order valence-corrected chi connectivity index (χ2v) is 13.0. The van der Waals surface area contributed by atoms with Gasteiger partial charge in [-0.25, -0.2) is 9.97 Å². The molecule has 3 nitrogen and oxygen atoms in total. The van der Waals surface area contributed by atoms with E-state index in [0.29, 0.717) is 5.82 Å². The van der Waals surface area contributed by atoms with E-state index < -0.39 is 0 Å². The molecule has 0 N–H and O–H groups in total. The first kappa shape index (κ1) is 29.1. The molecule has 0 spiro atoms. The molecule has 0 amide bonds. The Balaban J connectivity index is 1.09. The standard InChI is InChI=1S/C48H30N2O/c1-3-13-33(14-4-1)44-30-45(50-48(49-44)35-15-5-2-6-16-35)34-25-23-32(24-26-34)38-20-11-21-41-43-29-42(37-27-22-31-12-7-8-17-36(31)28-37)39-18-9-10-19-40(39)47(43)51-46(38)41/h1-30H. The lowest BCUT2D eigenvalue weighted by Gasteiger charge is -2.10. The molecule has 10 aromatic rings. The minimum Gasteiger partial charge on any atom is -0.455 e. The number of para-hydroxylation sites is 1. The summed E-state index contributed by atoms with van der Waals surface area (Å²) in [4.78, 5) is 9.99. The van der Waals surface area contributed by atoms with Crippen molar-refractivity contribution in [2.45, 2.75) is 0 Å². The third-order valence-electron chi connectivity index (χ3n) is 9.88. The Morgan fingerprint density at radius 3 is 1.65 bits per heavy atom. The molecule has 0 bridgehead atoms. The first-order chi connectivity index (χ1) is 25.3. The first-order valence-electron chi connectivity index (χ1n) is 17.2. The zero-order chi connectivity index (χ0) is 33.7. The monoisotopic (exact) mass is 650 g/mol. The SMILES string of the molecule is c1ccc(-c2cc(-c3ccc(-c4cccc5c4oc4c6ccccc6c(-c6ccc7ccccc7c6)cc54)cc3)nc(-c3ccccc3)n2)cc1. The van der Waals surface area contributed by atoms with Crippen LogP contribution in [0.3, 0.4) is 0 Å². The number of fused-ring (bicyclic) bond motifs is 6. The van der Waals surface area contributed by atoms with Gasteiger partial charge in [0.1, 0.15) is 11.2 Å². The maximum Gasteiger partial charge on any atom is 0.160 e. The summed E-state index contributed by atoms with van der Waals surface area (Å²) in [6, 6.07) is 63.8. The summed E-state index contributed by atoms with van der Waals surface area (Å²) in [7, 11) is 0. The molecule has 0 radical (unpaired) electrons. The average molecular weight is 651 g/mol. The predicted octanol–water partition coefficient (Wildman–Crippen LogP) is 13.0. The maximum atomic E-state index is 6.84. The van der Waals surface area contributed by atoms with Gasteiger partial charge in [-0.05, 0) is 51.0 Å². The summed E-state index contributed by atoms with van der Waals surface area (Å²) in [5.74, 6) is 0.707. The Bertz CT molecular complexity index is 2830. The molecule has 0 aliphatic rings. The van der Waals surface area contributed by atoms with E-state index in [0.717, 1.165) is 66.5 Å². The fourth-order valence-electron chi connectivity index (χ4n) is 7.33. The van der Waals surface area contributed by atoms with Crippen molar-refractivity contribution in [1.29, 1.82) is 0 Å². The maximum absolute atomic E-state index is 6.84.